The van der Waals surface area contributed by atoms with Gasteiger partial charge in [0, 0.05) is 18.9 Å². The van der Waals surface area contributed by atoms with Gasteiger partial charge in [0.1, 0.15) is 17.0 Å². The molecule has 0 aliphatic rings. The van der Waals surface area contributed by atoms with E-state index in [0.717, 1.165) is 5.56 Å². The van der Waals surface area contributed by atoms with Crippen LogP contribution >= 0.6 is 46.8 Å². The third-order valence-corrected chi connectivity index (χ3v) is 5.39. The van der Waals surface area contributed by atoms with Crippen molar-refractivity contribution in [2.75, 3.05) is 7.11 Å². The van der Waals surface area contributed by atoms with Crippen LogP contribution in [0.25, 0.3) is 10.4 Å². The molecule has 0 radical (unpaired) electrons. The van der Waals surface area contributed by atoms with Crippen molar-refractivity contribution in [2.24, 2.45) is 10.8 Å². The first-order chi connectivity index (χ1) is 11.8. The second kappa shape index (κ2) is 8.93. The Morgan fingerprint density at radius 3 is 2.80 bits per heavy atom. The summed E-state index contributed by atoms with van der Waals surface area (Å²) in [6.45, 7) is 1.77. The van der Waals surface area contributed by atoms with Crippen LogP contribution in [0.4, 0.5) is 0 Å². The fourth-order valence-corrected chi connectivity index (χ4v) is 3.48. The number of hydrogen-bond acceptors (Lipinski definition) is 6. The zero-order chi connectivity index (χ0) is 18.6. The molecule has 1 aromatic heterocycles. The van der Waals surface area contributed by atoms with Crippen LogP contribution in [0, 0.1) is 0 Å². The van der Waals surface area contributed by atoms with E-state index in [0.29, 0.717) is 37.6 Å². The summed E-state index contributed by atoms with van der Waals surface area (Å²) >= 11 is 18.5. The standard InChI is InChI=1S/C16H17Cl2N3O2S2/c1-8(20-21-14(24)6-13(19)23-2)10-7-25-16(15(10)22)9-3-4-11(17)12(18)5-9/h3-5,7,13,22H,6,19H2,1-2H3,(H,21,24). The molecule has 0 fully saturated rings. The molecule has 0 amide bonds. The summed E-state index contributed by atoms with van der Waals surface area (Å²) in [5.41, 5.74) is 10.4. The number of rotatable bonds is 6. The van der Waals surface area contributed by atoms with E-state index in [1.165, 1.54) is 18.4 Å². The largest absolute Gasteiger partial charge is 0.506 e. The zero-order valence-corrected chi connectivity index (χ0v) is 16.7. The number of aromatic hydroxyl groups is 1. The van der Waals surface area contributed by atoms with Crippen LogP contribution in [-0.4, -0.2) is 29.1 Å². The van der Waals surface area contributed by atoms with Crippen molar-refractivity contribution in [3.05, 3.63) is 39.2 Å². The van der Waals surface area contributed by atoms with Crippen LogP contribution in [0.2, 0.25) is 10.0 Å². The summed E-state index contributed by atoms with van der Waals surface area (Å²) in [7, 11) is 1.51. The minimum atomic E-state index is -0.480. The van der Waals surface area contributed by atoms with Gasteiger partial charge in [0.05, 0.1) is 26.2 Å². The van der Waals surface area contributed by atoms with Crippen molar-refractivity contribution in [3.63, 3.8) is 0 Å². The number of halogens is 2. The maximum absolute atomic E-state index is 10.5. The normalized spacial score (nSPS) is 12.9. The summed E-state index contributed by atoms with van der Waals surface area (Å²) in [5, 5.41) is 17.4. The number of methoxy groups -OCH3 is 1. The number of benzene rings is 1. The highest BCUT2D eigenvalue weighted by Gasteiger charge is 2.15. The quantitative estimate of drug-likeness (QED) is 0.281. The molecule has 0 spiro atoms. The Morgan fingerprint density at radius 1 is 1.44 bits per heavy atom. The lowest BCUT2D eigenvalue weighted by atomic mass is 10.1. The average Bonchev–Trinajstić information content (AvgIpc) is 2.96. The molecule has 4 N–H and O–H groups in total. The Labute approximate surface area is 165 Å². The molecule has 134 valence electrons. The van der Waals surface area contributed by atoms with Crippen LogP contribution in [0.1, 0.15) is 18.9 Å². The highest BCUT2D eigenvalue weighted by atomic mass is 35.5. The molecule has 9 heteroatoms. The second-order valence-corrected chi connectivity index (χ2v) is 7.35. The third kappa shape index (κ3) is 5.13. The van der Waals surface area contributed by atoms with Gasteiger partial charge < -0.3 is 15.6 Å². The van der Waals surface area contributed by atoms with Gasteiger partial charge in [-0.05, 0) is 24.6 Å². The van der Waals surface area contributed by atoms with Gasteiger partial charge in [0.25, 0.3) is 0 Å². The van der Waals surface area contributed by atoms with E-state index in [4.69, 9.17) is 45.9 Å². The minimum absolute atomic E-state index is 0.131. The van der Waals surface area contributed by atoms with Gasteiger partial charge in [-0.25, -0.2) is 0 Å². The Bertz CT molecular complexity index is 809. The van der Waals surface area contributed by atoms with Gasteiger partial charge in [-0.2, -0.15) is 5.10 Å². The molecule has 2 aromatic rings. The number of hydrogen-bond donors (Lipinski definition) is 3. The molecule has 1 heterocycles. The number of ether oxygens (including phenoxy) is 1. The Hall–Kier alpha value is -1.22. The second-order valence-electron chi connectivity index (χ2n) is 5.17. The number of hydrazone groups is 1. The van der Waals surface area contributed by atoms with Gasteiger partial charge in [-0.15, -0.1) is 11.3 Å². The lowest BCUT2D eigenvalue weighted by Crippen LogP contribution is -2.29. The minimum Gasteiger partial charge on any atom is -0.506 e. The first-order valence-electron chi connectivity index (χ1n) is 7.21. The van der Waals surface area contributed by atoms with E-state index in [1.807, 2.05) is 5.38 Å². The maximum Gasteiger partial charge on any atom is 0.143 e. The molecule has 25 heavy (non-hydrogen) atoms. The van der Waals surface area contributed by atoms with Crippen LogP contribution in [0.5, 0.6) is 5.75 Å². The highest BCUT2D eigenvalue weighted by Crippen LogP contribution is 2.40. The smallest absolute Gasteiger partial charge is 0.143 e. The summed E-state index contributed by atoms with van der Waals surface area (Å²) in [6.07, 6.45) is -0.126. The van der Waals surface area contributed by atoms with E-state index in [-0.39, 0.29) is 5.75 Å². The average molecular weight is 418 g/mol. The lowest BCUT2D eigenvalue weighted by Gasteiger charge is -2.10. The molecule has 1 aromatic carbocycles. The molecular weight excluding hydrogens is 401 g/mol. The zero-order valence-electron chi connectivity index (χ0n) is 13.5. The van der Waals surface area contributed by atoms with Gasteiger partial charge in [-0.3, -0.25) is 5.43 Å². The predicted molar refractivity (Wildman–Crippen MR) is 109 cm³/mol. The lowest BCUT2D eigenvalue weighted by molar-refractivity contribution is 0.114. The summed E-state index contributed by atoms with van der Waals surface area (Å²) in [6, 6.07) is 5.21. The van der Waals surface area contributed by atoms with Crippen molar-refractivity contribution >= 4 is 57.5 Å². The SMILES string of the molecule is COC(N)CC(=S)NN=C(C)c1csc(-c2ccc(Cl)c(Cl)c2)c1O. The van der Waals surface area contributed by atoms with E-state index in [2.05, 4.69) is 10.5 Å². The van der Waals surface area contributed by atoms with Crippen LogP contribution < -0.4 is 11.2 Å². The highest BCUT2D eigenvalue weighted by molar-refractivity contribution is 7.80. The summed E-state index contributed by atoms with van der Waals surface area (Å²) in [4.78, 5) is 1.14. The molecule has 2 rings (SSSR count). The fraction of sp³-hybridized carbons (Fsp3) is 0.250. The molecule has 1 atom stereocenters. The van der Waals surface area contributed by atoms with Crippen molar-refractivity contribution in [1.82, 2.24) is 5.43 Å². The van der Waals surface area contributed by atoms with Crippen LogP contribution in [-0.2, 0) is 4.74 Å². The summed E-state index contributed by atoms with van der Waals surface area (Å²) in [5.74, 6) is 0.131. The van der Waals surface area contributed by atoms with Gasteiger partial charge in [0.15, 0.2) is 0 Å². The predicted octanol–water partition coefficient (Wildman–Crippen LogP) is 4.39. The maximum atomic E-state index is 10.5. The molecule has 0 saturated carbocycles. The Balaban J connectivity index is 2.18. The van der Waals surface area contributed by atoms with Crippen molar-refractivity contribution in [3.8, 4) is 16.2 Å². The van der Waals surface area contributed by atoms with E-state index in [1.54, 1.807) is 25.1 Å². The van der Waals surface area contributed by atoms with Crippen molar-refractivity contribution < 1.29 is 9.84 Å². The molecule has 0 aliphatic carbocycles. The van der Waals surface area contributed by atoms with Gasteiger partial charge >= 0.3 is 0 Å². The van der Waals surface area contributed by atoms with E-state index in [9.17, 15) is 5.11 Å². The molecule has 1 unspecified atom stereocenters. The third-order valence-electron chi connectivity index (χ3n) is 3.37. The molecule has 0 bridgehead atoms. The Kier molecular flexibility index (Phi) is 7.18. The summed E-state index contributed by atoms with van der Waals surface area (Å²) < 4.78 is 4.95. The van der Waals surface area contributed by atoms with Gasteiger partial charge in [0.2, 0.25) is 0 Å². The van der Waals surface area contributed by atoms with Crippen LogP contribution in [0.3, 0.4) is 0 Å². The number of thiocarbonyl (C=S) groups is 1. The number of nitrogens with zero attached hydrogens (tertiary/aromatic N) is 1. The first kappa shape index (κ1) is 20.1. The molecular formula is C16H17Cl2N3O2S2. The monoisotopic (exact) mass is 417 g/mol. The molecule has 5 nitrogen and oxygen atoms in total. The topological polar surface area (TPSA) is 79.9 Å². The van der Waals surface area contributed by atoms with E-state index >= 15 is 0 Å². The number of nitrogens with one attached hydrogen (secondary N) is 1. The van der Waals surface area contributed by atoms with Crippen molar-refractivity contribution in [2.45, 2.75) is 19.6 Å². The van der Waals surface area contributed by atoms with Crippen LogP contribution in [0.15, 0.2) is 28.7 Å². The van der Waals surface area contributed by atoms with Crippen molar-refractivity contribution in [1.29, 1.82) is 0 Å². The number of nitrogens with two attached hydrogens (primary N) is 1. The van der Waals surface area contributed by atoms with E-state index < -0.39 is 6.23 Å². The molecule has 0 aliphatic heterocycles. The molecule has 0 saturated heterocycles. The Morgan fingerprint density at radius 2 is 2.16 bits per heavy atom. The number of thiophene rings is 1. The fourth-order valence-electron chi connectivity index (χ4n) is 1.97. The first-order valence-corrected chi connectivity index (χ1v) is 9.25. The van der Waals surface area contributed by atoms with Gasteiger partial charge in [-0.1, -0.05) is 41.5 Å².